The first-order chi connectivity index (χ1) is 8.33. The van der Waals surface area contributed by atoms with Crippen molar-refractivity contribution in [2.45, 2.75) is 43.1 Å². The SMILES string of the molecule is OC(c1ccc(OC2CC2)cc1)C1CCCS1. The highest BCUT2D eigenvalue weighted by atomic mass is 32.2. The topological polar surface area (TPSA) is 29.5 Å². The molecule has 3 rings (SSSR count). The maximum atomic E-state index is 10.2. The molecule has 92 valence electrons. The van der Waals surface area contributed by atoms with Crippen LogP contribution < -0.4 is 4.74 Å². The molecule has 0 aromatic heterocycles. The lowest BCUT2D eigenvalue weighted by molar-refractivity contribution is 0.173. The first kappa shape index (κ1) is 11.4. The number of ether oxygens (including phenoxy) is 1. The number of thioether (sulfide) groups is 1. The Kier molecular flexibility index (Phi) is 3.30. The lowest BCUT2D eigenvalue weighted by Crippen LogP contribution is -2.11. The van der Waals surface area contributed by atoms with E-state index in [1.54, 1.807) is 0 Å². The lowest BCUT2D eigenvalue weighted by atomic mass is 10.0. The second-order valence-corrected chi connectivity index (χ2v) is 6.23. The van der Waals surface area contributed by atoms with Crippen LogP contribution in [0.1, 0.15) is 37.4 Å². The molecule has 1 aliphatic carbocycles. The minimum absolute atomic E-state index is 0.322. The van der Waals surface area contributed by atoms with Gasteiger partial charge in [-0.1, -0.05) is 12.1 Å². The molecule has 1 aromatic carbocycles. The first-order valence-electron chi connectivity index (χ1n) is 6.39. The van der Waals surface area contributed by atoms with Crippen LogP contribution in [0.25, 0.3) is 0 Å². The van der Waals surface area contributed by atoms with E-state index in [0.717, 1.165) is 17.7 Å². The molecule has 1 aromatic rings. The van der Waals surface area contributed by atoms with E-state index in [4.69, 9.17) is 4.74 Å². The minimum atomic E-state index is -0.322. The Bertz CT molecular complexity index is 366. The van der Waals surface area contributed by atoms with Crippen molar-refractivity contribution < 1.29 is 9.84 Å². The van der Waals surface area contributed by atoms with Crippen LogP contribution in [0.2, 0.25) is 0 Å². The van der Waals surface area contributed by atoms with Crippen LogP contribution in [0.15, 0.2) is 24.3 Å². The second kappa shape index (κ2) is 4.91. The predicted octanol–water partition coefficient (Wildman–Crippen LogP) is 3.16. The first-order valence-corrected chi connectivity index (χ1v) is 7.44. The average Bonchev–Trinajstić information content (AvgIpc) is 3.00. The van der Waals surface area contributed by atoms with Crippen molar-refractivity contribution in [3.05, 3.63) is 29.8 Å². The number of hydrogen-bond donors (Lipinski definition) is 1. The van der Waals surface area contributed by atoms with Crippen LogP contribution in [0.4, 0.5) is 0 Å². The van der Waals surface area contributed by atoms with Crippen molar-refractivity contribution in [1.29, 1.82) is 0 Å². The van der Waals surface area contributed by atoms with E-state index < -0.39 is 0 Å². The average molecular weight is 250 g/mol. The zero-order valence-electron chi connectivity index (χ0n) is 9.84. The molecule has 2 atom stereocenters. The summed E-state index contributed by atoms with van der Waals surface area (Å²) in [6.45, 7) is 0. The molecule has 2 nitrogen and oxygen atoms in total. The zero-order chi connectivity index (χ0) is 11.7. The molecule has 1 heterocycles. The summed E-state index contributed by atoms with van der Waals surface area (Å²) < 4.78 is 5.70. The van der Waals surface area contributed by atoms with E-state index in [1.807, 2.05) is 36.0 Å². The smallest absolute Gasteiger partial charge is 0.119 e. The number of hydrogen-bond acceptors (Lipinski definition) is 3. The van der Waals surface area contributed by atoms with Crippen LogP contribution >= 0.6 is 11.8 Å². The Hall–Kier alpha value is -0.670. The standard InChI is InChI=1S/C14H18O2S/c15-14(13-2-1-9-17-13)10-3-5-11(6-4-10)16-12-7-8-12/h3-6,12-15H,1-2,7-9H2. The highest BCUT2D eigenvalue weighted by molar-refractivity contribution is 8.00. The minimum Gasteiger partial charge on any atom is -0.490 e. The van der Waals surface area contributed by atoms with Gasteiger partial charge < -0.3 is 9.84 Å². The van der Waals surface area contributed by atoms with Crippen molar-refractivity contribution >= 4 is 11.8 Å². The normalized spacial score (nSPS) is 25.8. The molecule has 0 radical (unpaired) electrons. The zero-order valence-corrected chi connectivity index (χ0v) is 10.7. The van der Waals surface area contributed by atoms with Crippen LogP contribution in [0.5, 0.6) is 5.75 Å². The quantitative estimate of drug-likeness (QED) is 0.890. The van der Waals surface area contributed by atoms with Crippen LogP contribution in [-0.4, -0.2) is 22.2 Å². The van der Waals surface area contributed by atoms with Gasteiger partial charge in [0.05, 0.1) is 12.2 Å². The molecule has 1 N–H and O–H groups in total. The van der Waals surface area contributed by atoms with E-state index in [9.17, 15) is 5.11 Å². The summed E-state index contributed by atoms with van der Waals surface area (Å²) in [5, 5.41) is 10.6. The van der Waals surface area contributed by atoms with Crippen molar-refractivity contribution in [1.82, 2.24) is 0 Å². The summed E-state index contributed by atoms with van der Waals surface area (Å²) in [4.78, 5) is 0. The molecule has 1 saturated carbocycles. The molecular weight excluding hydrogens is 232 g/mol. The van der Waals surface area contributed by atoms with Crippen LogP contribution in [0.3, 0.4) is 0 Å². The van der Waals surface area contributed by atoms with Crippen molar-refractivity contribution in [2.75, 3.05) is 5.75 Å². The fraction of sp³-hybridized carbons (Fsp3) is 0.571. The molecule has 2 unspecified atom stereocenters. The third-order valence-electron chi connectivity index (χ3n) is 3.37. The van der Waals surface area contributed by atoms with Gasteiger partial charge in [-0.05, 0) is 49.1 Å². The molecule has 3 heteroatoms. The van der Waals surface area contributed by atoms with Gasteiger partial charge in [0.25, 0.3) is 0 Å². The maximum Gasteiger partial charge on any atom is 0.119 e. The van der Waals surface area contributed by atoms with Gasteiger partial charge in [0.2, 0.25) is 0 Å². The number of rotatable bonds is 4. The summed E-state index contributed by atoms with van der Waals surface area (Å²) in [6.07, 6.45) is 4.85. The third kappa shape index (κ3) is 2.78. The molecule has 0 bridgehead atoms. The van der Waals surface area contributed by atoms with E-state index in [0.29, 0.717) is 11.4 Å². The Morgan fingerprint density at radius 1 is 1.18 bits per heavy atom. The van der Waals surface area contributed by atoms with Crippen molar-refractivity contribution in [3.8, 4) is 5.75 Å². The lowest BCUT2D eigenvalue weighted by Gasteiger charge is -2.17. The molecule has 2 aliphatic rings. The van der Waals surface area contributed by atoms with E-state index in [2.05, 4.69) is 0 Å². The molecular formula is C14H18O2S. The molecule has 1 aliphatic heterocycles. The monoisotopic (exact) mass is 250 g/mol. The van der Waals surface area contributed by atoms with Gasteiger partial charge in [-0.3, -0.25) is 0 Å². The van der Waals surface area contributed by atoms with E-state index in [1.165, 1.54) is 25.0 Å². The number of aliphatic hydroxyl groups is 1. The second-order valence-electron chi connectivity index (χ2n) is 4.88. The van der Waals surface area contributed by atoms with E-state index in [-0.39, 0.29) is 6.10 Å². The Morgan fingerprint density at radius 3 is 2.53 bits per heavy atom. The summed E-state index contributed by atoms with van der Waals surface area (Å²) >= 11 is 1.89. The summed E-state index contributed by atoms with van der Waals surface area (Å²) in [5.41, 5.74) is 1.02. The van der Waals surface area contributed by atoms with Gasteiger partial charge >= 0.3 is 0 Å². The molecule has 2 fully saturated rings. The summed E-state index contributed by atoms with van der Waals surface area (Å²) in [6, 6.07) is 7.97. The van der Waals surface area contributed by atoms with Gasteiger partial charge in [-0.15, -0.1) is 0 Å². The summed E-state index contributed by atoms with van der Waals surface area (Å²) in [7, 11) is 0. The molecule has 0 amide bonds. The van der Waals surface area contributed by atoms with Crippen molar-refractivity contribution in [3.63, 3.8) is 0 Å². The fourth-order valence-electron chi connectivity index (χ4n) is 2.19. The number of benzene rings is 1. The van der Waals surface area contributed by atoms with Crippen molar-refractivity contribution in [2.24, 2.45) is 0 Å². The van der Waals surface area contributed by atoms with Crippen LogP contribution in [-0.2, 0) is 0 Å². The molecule has 0 spiro atoms. The highest BCUT2D eigenvalue weighted by Crippen LogP contribution is 2.36. The summed E-state index contributed by atoms with van der Waals surface area (Å²) in [5.74, 6) is 2.12. The largest absolute Gasteiger partial charge is 0.490 e. The van der Waals surface area contributed by atoms with Gasteiger partial charge in [0, 0.05) is 5.25 Å². The van der Waals surface area contributed by atoms with E-state index >= 15 is 0 Å². The predicted molar refractivity (Wildman–Crippen MR) is 70.5 cm³/mol. The molecule has 17 heavy (non-hydrogen) atoms. The fourth-order valence-corrected chi connectivity index (χ4v) is 3.50. The Balaban J connectivity index is 1.65. The Labute approximate surface area is 106 Å². The molecule has 1 saturated heterocycles. The number of aliphatic hydroxyl groups excluding tert-OH is 1. The van der Waals surface area contributed by atoms with Gasteiger partial charge in [-0.25, -0.2) is 0 Å². The van der Waals surface area contributed by atoms with Crippen LogP contribution in [0, 0.1) is 0 Å². The highest BCUT2D eigenvalue weighted by Gasteiger charge is 2.26. The van der Waals surface area contributed by atoms with Gasteiger partial charge in [0.15, 0.2) is 0 Å². The Morgan fingerprint density at radius 2 is 1.94 bits per heavy atom. The van der Waals surface area contributed by atoms with Gasteiger partial charge in [-0.2, -0.15) is 11.8 Å². The van der Waals surface area contributed by atoms with Gasteiger partial charge in [0.1, 0.15) is 5.75 Å². The maximum absolute atomic E-state index is 10.2. The third-order valence-corrected chi connectivity index (χ3v) is 4.81.